The van der Waals surface area contributed by atoms with E-state index in [4.69, 9.17) is 11.0 Å². The van der Waals surface area contributed by atoms with E-state index < -0.39 is 0 Å². The zero-order chi connectivity index (χ0) is 16.9. The molecular formula is C15H16N8O. The minimum Gasteiger partial charge on any atom is -0.368 e. The molecule has 0 aromatic carbocycles. The van der Waals surface area contributed by atoms with Gasteiger partial charge in [-0.3, -0.25) is 4.79 Å². The molecule has 2 aromatic rings. The van der Waals surface area contributed by atoms with Crippen molar-refractivity contribution in [3.8, 4) is 6.07 Å². The molecule has 1 fully saturated rings. The van der Waals surface area contributed by atoms with E-state index in [0.717, 1.165) is 5.56 Å². The van der Waals surface area contributed by atoms with E-state index in [2.05, 4.69) is 20.2 Å². The lowest BCUT2D eigenvalue weighted by atomic mass is 10.2. The quantitative estimate of drug-likeness (QED) is 0.809. The van der Waals surface area contributed by atoms with Crippen LogP contribution in [0.4, 0.5) is 11.8 Å². The Morgan fingerprint density at radius 3 is 2.46 bits per heavy atom. The van der Waals surface area contributed by atoms with E-state index in [1.54, 1.807) is 24.5 Å². The Bertz CT molecular complexity index is 745. The van der Waals surface area contributed by atoms with Crippen LogP contribution in [0.3, 0.4) is 0 Å². The van der Waals surface area contributed by atoms with Crippen LogP contribution < -0.4 is 10.6 Å². The maximum absolute atomic E-state index is 12.3. The first-order chi connectivity index (χ1) is 11.7. The summed E-state index contributed by atoms with van der Waals surface area (Å²) in [6.45, 7) is 2.56. The number of nitrogens with two attached hydrogens (primary N) is 1. The van der Waals surface area contributed by atoms with E-state index in [1.165, 1.54) is 0 Å². The third kappa shape index (κ3) is 3.55. The number of amides is 1. The lowest BCUT2D eigenvalue weighted by Crippen LogP contribution is -2.49. The second kappa shape index (κ2) is 6.87. The van der Waals surface area contributed by atoms with Crippen molar-refractivity contribution in [1.82, 2.24) is 25.1 Å². The van der Waals surface area contributed by atoms with Crippen LogP contribution in [0.5, 0.6) is 0 Å². The number of carbonyl (C=O) groups excluding carboxylic acids is 1. The standard InChI is InChI=1S/C15H16N8O/c16-8-12-1-2-13(21-20-12)22-3-5-23(6-4-22)14(24)7-11-9-18-15(17)19-10-11/h1-2,9-10H,3-7H2,(H2,17,18,19). The summed E-state index contributed by atoms with van der Waals surface area (Å²) in [5, 5.41) is 16.6. The normalized spacial score (nSPS) is 14.3. The van der Waals surface area contributed by atoms with Crippen molar-refractivity contribution in [2.45, 2.75) is 6.42 Å². The van der Waals surface area contributed by atoms with Crippen LogP contribution in [-0.4, -0.2) is 57.2 Å². The van der Waals surface area contributed by atoms with Crippen molar-refractivity contribution in [3.63, 3.8) is 0 Å². The molecule has 0 atom stereocenters. The van der Waals surface area contributed by atoms with Crippen LogP contribution in [0.15, 0.2) is 24.5 Å². The smallest absolute Gasteiger partial charge is 0.227 e. The first-order valence-electron chi connectivity index (χ1n) is 7.48. The first kappa shape index (κ1) is 15.6. The first-order valence-corrected chi connectivity index (χ1v) is 7.48. The number of hydrogen-bond donors (Lipinski definition) is 1. The monoisotopic (exact) mass is 324 g/mol. The molecule has 0 spiro atoms. The average Bonchev–Trinajstić information content (AvgIpc) is 2.64. The number of aromatic nitrogens is 4. The van der Waals surface area contributed by atoms with Crippen LogP contribution in [0.1, 0.15) is 11.3 Å². The predicted molar refractivity (Wildman–Crippen MR) is 85.7 cm³/mol. The minimum atomic E-state index is 0.0361. The Labute approximate surface area is 138 Å². The molecule has 1 saturated heterocycles. The van der Waals surface area contributed by atoms with Crippen molar-refractivity contribution in [2.24, 2.45) is 0 Å². The highest BCUT2D eigenvalue weighted by molar-refractivity contribution is 5.79. The zero-order valence-electron chi connectivity index (χ0n) is 13.0. The average molecular weight is 324 g/mol. The molecular weight excluding hydrogens is 308 g/mol. The van der Waals surface area contributed by atoms with Gasteiger partial charge in [-0.05, 0) is 17.7 Å². The summed E-state index contributed by atoms with van der Waals surface area (Å²) < 4.78 is 0. The molecule has 3 heterocycles. The Kier molecular flexibility index (Phi) is 4.47. The Morgan fingerprint density at radius 1 is 1.17 bits per heavy atom. The van der Waals surface area contributed by atoms with Gasteiger partial charge in [-0.15, -0.1) is 10.2 Å². The van der Waals surface area contributed by atoms with Gasteiger partial charge in [0, 0.05) is 38.6 Å². The third-order valence-corrected chi connectivity index (χ3v) is 3.80. The van der Waals surface area contributed by atoms with Crippen molar-refractivity contribution in [1.29, 1.82) is 5.26 Å². The molecule has 2 N–H and O–H groups in total. The van der Waals surface area contributed by atoms with Crippen LogP contribution in [0.2, 0.25) is 0 Å². The molecule has 1 aliphatic heterocycles. The second-order valence-electron chi connectivity index (χ2n) is 5.38. The van der Waals surface area contributed by atoms with Crippen molar-refractivity contribution in [3.05, 3.63) is 35.8 Å². The fraction of sp³-hybridized carbons (Fsp3) is 0.333. The summed E-state index contributed by atoms with van der Waals surface area (Å²) in [6.07, 6.45) is 3.41. The summed E-state index contributed by atoms with van der Waals surface area (Å²) in [7, 11) is 0. The number of hydrogen-bond acceptors (Lipinski definition) is 8. The van der Waals surface area contributed by atoms with E-state index in [1.807, 2.05) is 15.9 Å². The molecule has 9 nitrogen and oxygen atoms in total. The molecule has 9 heteroatoms. The van der Waals surface area contributed by atoms with E-state index >= 15 is 0 Å². The molecule has 0 aliphatic carbocycles. The molecule has 0 bridgehead atoms. The van der Waals surface area contributed by atoms with Crippen LogP contribution in [0, 0.1) is 11.3 Å². The largest absolute Gasteiger partial charge is 0.368 e. The van der Waals surface area contributed by atoms with E-state index in [0.29, 0.717) is 37.7 Å². The van der Waals surface area contributed by atoms with Gasteiger partial charge in [0.15, 0.2) is 11.5 Å². The Hall–Kier alpha value is -3.28. The van der Waals surface area contributed by atoms with Crippen molar-refractivity contribution >= 4 is 17.7 Å². The molecule has 2 aromatic heterocycles. The fourth-order valence-electron chi connectivity index (χ4n) is 2.48. The highest BCUT2D eigenvalue weighted by Gasteiger charge is 2.22. The molecule has 122 valence electrons. The number of nitrogens with zero attached hydrogens (tertiary/aromatic N) is 7. The van der Waals surface area contributed by atoms with E-state index in [9.17, 15) is 4.79 Å². The van der Waals surface area contributed by atoms with Gasteiger partial charge in [0.05, 0.1) is 6.42 Å². The van der Waals surface area contributed by atoms with Crippen molar-refractivity contribution < 1.29 is 4.79 Å². The molecule has 0 unspecified atom stereocenters. The highest BCUT2D eigenvalue weighted by atomic mass is 16.2. The molecule has 0 saturated carbocycles. The molecule has 1 aliphatic rings. The van der Waals surface area contributed by atoms with Crippen LogP contribution in [-0.2, 0) is 11.2 Å². The summed E-state index contributed by atoms with van der Waals surface area (Å²) in [6, 6.07) is 5.36. The zero-order valence-corrected chi connectivity index (χ0v) is 13.0. The van der Waals surface area contributed by atoms with Gasteiger partial charge >= 0.3 is 0 Å². The van der Waals surface area contributed by atoms with Gasteiger partial charge in [-0.2, -0.15) is 5.26 Å². The maximum atomic E-state index is 12.3. The Morgan fingerprint density at radius 2 is 1.88 bits per heavy atom. The molecule has 0 radical (unpaired) electrons. The van der Waals surface area contributed by atoms with Crippen molar-refractivity contribution in [2.75, 3.05) is 36.8 Å². The summed E-state index contributed by atoms with van der Waals surface area (Å²) in [5.41, 5.74) is 6.47. The van der Waals surface area contributed by atoms with Gasteiger partial charge in [0.2, 0.25) is 11.9 Å². The lowest BCUT2D eigenvalue weighted by Gasteiger charge is -2.35. The molecule has 1 amide bonds. The fourth-order valence-corrected chi connectivity index (χ4v) is 2.48. The number of rotatable bonds is 3. The van der Waals surface area contributed by atoms with Gasteiger partial charge in [0.1, 0.15) is 6.07 Å². The van der Waals surface area contributed by atoms with E-state index in [-0.39, 0.29) is 18.3 Å². The van der Waals surface area contributed by atoms with Gasteiger partial charge in [0.25, 0.3) is 0 Å². The van der Waals surface area contributed by atoms with Gasteiger partial charge in [-0.1, -0.05) is 0 Å². The SMILES string of the molecule is N#Cc1ccc(N2CCN(C(=O)Cc3cnc(N)nc3)CC2)nn1. The lowest BCUT2D eigenvalue weighted by molar-refractivity contribution is -0.130. The summed E-state index contributed by atoms with van der Waals surface area (Å²) >= 11 is 0. The van der Waals surface area contributed by atoms with Gasteiger partial charge in [-0.25, -0.2) is 9.97 Å². The molecule has 3 rings (SSSR count). The highest BCUT2D eigenvalue weighted by Crippen LogP contribution is 2.13. The Balaban J connectivity index is 1.55. The molecule has 24 heavy (non-hydrogen) atoms. The second-order valence-corrected chi connectivity index (χ2v) is 5.38. The number of carbonyl (C=O) groups is 1. The minimum absolute atomic E-state index is 0.0361. The summed E-state index contributed by atoms with van der Waals surface area (Å²) in [5.74, 6) is 0.949. The predicted octanol–water partition coefficient (Wildman–Crippen LogP) is -0.388. The number of nitriles is 1. The number of nitrogen functional groups attached to an aromatic ring is 1. The third-order valence-electron chi connectivity index (χ3n) is 3.80. The number of anilines is 2. The maximum Gasteiger partial charge on any atom is 0.227 e. The van der Waals surface area contributed by atoms with Crippen LogP contribution >= 0.6 is 0 Å². The van der Waals surface area contributed by atoms with Gasteiger partial charge < -0.3 is 15.5 Å². The topological polar surface area (TPSA) is 125 Å². The van der Waals surface area contributed by atoms with Crippen LogP contribution in [0.25, 0.3) is 0 Å². The summed E-state index contributed by atoms with van der Waals surface area (Å²) in [4.78, 5) is 24.0. The number of piperazine rings is 1.